The normalized spacial score (nSPS) is 11.3. The van der Waals surface area contributed by atoms with E-state index in [0.717, 1.165) is 23.5 Å². The van der Waals surface area contributed by atoms with Crippen molar-refractivity contribution in [1.82, 2.24) is 25.0 Å². The van der Waals surface area contributed by atoms with Crippen LogP contribution in [-0.4, -0.2) is 44.3 Å². The van der Waals surface area contributed by atoms with E-state index in [1.54, 1.807) is 24.3 Å². The monoisotopic (exact) mass is 530 g/mol. The van der Waals surface area contributed by atoms with E-state index in [-0.39, 0.29) is 17.2 Å². The highest BCUT2D eigenvalue weighted by atomic mass is 32.2. The van der Waals surface area contributed by atoms with Crippen molar-refractivity contribution >= 4 is 23.4 Å². The van der Waals surface area contributed by atoms with E-state index in [1.807, 2.05) is 19.9 Å². The number of hydrogen-bond acceptors (Lipinski definition) is 8. The van der Waals surface area contributed by atoms with Gasteiger partial charge in [0, 0.05) is 28.9 Å². The van der Waals surface area contributed by atoms with Crippen LogP contribution in [0.15, 0.2) is 59.8 Å². The fraction of sp³-hybridized carbons (Fsp3) is 0.208. The number of halogens is 3. The quantitative estimate of drug-likeness (QED) is 0.247. The Labute approximate surface area is 214 Å². The number of anilines is 1. The SMILES string of the molecule is COc1cccc(NC(=O)c2nnn(-c3ccc(OC(F)(F)F)cc3)c2CSc2nc(C)cc(C)n2)c1. The molecule has 0 aliphatic rings. The second-order valence-corrected chi connectivity index (χ2v) is 8.69. The molecule has 13 heteroatoms. The fourth-order valence-electron chi connectivity index (χ4n) is 3.39. The van der Waals surface area contributed by atoms with Crippen molar-refractivity contribution in [3.05, 3.63) is 77.4 Å². The van der Waals surface area contributed by atoms with E-state index in [2.05, 4.69) is 30.3 Å². The van der Waals surface area contributed by atoms with Crippen LogP contribution < -0.4 is 14.8 Å². The Balaban J connectivity index is 1.66. The lowest BCUT2D eigenvalue weighted by Crippen LogP contribution is -2.17. The number of carbonyl (C=O) groups excluding carboxylic acids is 1. The zero-order valence-corrected chi connectivity index (χ0v) is 20.7. The predicted octanol–water partition coefficient (Wildman–Crippen LogP) is 5.13. The Bertz CT molecular complexity index is 1390. The molecule has 37 heavy (non-hydrogen) atoms. The molecule has 9 nitrogen and oxygen atoms in total. The molecule has 192 valence electrons. The molecule has 0 aliphatic carbocycles. The van der Waals surface area contributed by atoms with Crippen molar-refractivity contribution in [3.8, 4) is 17.2 Å². The highest BCUT2D eigenvalue weighted by Crippen LogP contribution is 2.27. The van der Waals surface area contributed by atoms with Crippen LogP contribution in [0.5, 0.6) is 11.5 Å². The van der Waals surface area contributed by atoms with E-state index in [1.165, 1.54) is 35.7 Å². The van der Waals surface area contributed by atoms with Gasteiger partial charge in [-0.1, -0.05) is 23.0 Å². The third-order valence-corrected chi connectivity index (χ3v) is 5.78. The molecule has 0 radical (unpaired) electrons. The maximum atomic E-state index is 13.2. The lowest BCUT2D eigenvalue weighted by atomic mass is 10.2. The summed E-state index contributed by atoms with van der Waals surface area (Å²) in [5.41, 5.74) is 2.90. The van der Waals surface area contributed by atoms with Gasteiger partial charge in [-0.2, -0.15) is 0 Å². The number of nitrogens with one attached hydrogen (secondary N) is 1. The van der Waals surface area contributed by atoms with E-state index < -0.39 is 12.3 Å². The standard InChI is InChI=1S/C24H21F3N6O3S/c1-14-11-15(2)29-23(28-14)37-13-20-21(22(34)30-16-5-4-6-19(12-16)35-3)31-32-33(20)17-7-9-18(10-8-17)36-24(25,26)27/h4-12H,13H2,1-3H3,(H,30,34). The van der Waals surface area contributed by atoms with Gasteiger partial charge in [0.1, 0.15) is 11.5 Å². The average Bonchev–Trinajstić information content (AvgIpc) is 3.26. The van der Waals surface area contributed by atoms with Crippen LogP contribution in [0, 0.1) is 13.8 Å². The maximum Gasteiger partial charge on any atom is 0.573 e. The number of methoxy groups -OCH3 is 1. The highest BCUT2D eigenvalue weighted by Gasteiger charge is 2.31. The van der Waals surface area contributed by atoms with Crippen LogP contribution in [0.3, 0.4) is 0 Å². The molecular weight excluding hydrogens is 509 g/mol. The van der Waals surface area contributed by atoms with Crippen molar-refractivity contribution in [2.45, 2.75) is 31.1 Å². The Morgan fingerprint density at radius 3 is 2.38 bits per heavy atom. The summed E-state index contributed by atoms with van der Waals surface area (Å²) < 4.78 is 48.2. The number of aryl methyl sites for hydroxylation is 2. The smallest absolute Gasteiger partial charge is 0.497 e. The van der Waals surface area contributed by atoms with Gasteiger partial charge >= 0.3 is 6.36 Å². The molecule has 1 amide bonds. The zero-order valence-electron chi connectivity index (χ0n) is 19.9. The summed E-state index contributed by atoms with van der Waals surface area (Å²) in [6.45, 7) is 3.70. The molecule has 2 aromatic carbocycles. The number of nitrogens with zero attached hydrogens (tertiary/aromatic N) is 5. The van der Waals surface area contributed by atoms with Gasteiger partial charge in [-0.15, -0.1) is 18.3 Å². The third-order valence-electron chi connectivity index (χ3n) is 4.92. The molecule has 2 aromatic heterocycles. The van der Waals surface area contributed by atoms with Crippen molar-refractivity contribution in [2.75, 3.05) is 12.4 Å². The van der Waals surface area contributed by atoms with Crippen LogP contribution >= 0.6 is 11.8 Å². The first-order chi connectivity index (χ1) is 17.6. The van der Waals surface area contributed by atoms with Gasteiger partial charge in [-0.05, 0) is 56.3 Å². The maximum absolute atomic E-state index is 13.2. The largest absolute Gasteiger partial charge is 0.573 e. The van der Waals surface area contributed by atoms with Crippen LogP contribution in [0.2, 0.25) is 0 Å². The number of benzene rings is 2. The molecule has 0 saturated carbocycles. The number of ether oxygens (including phenoxy) is 2. The van der Waals surface area contributed by atoms with Crippen molar-refractivity contribution in [1.29, 1.82) is 0 Å². The topological polar surface area (TPSA) is 104 Å². The van der Waals surface area contributed by atoms with Gasteiger partial charge in [0.2, 0.25) is 0 Å². The van der Waals surface area contributed by atoms with Crippen LogP contribution in [0.25, 0.3) is 5.69 Å². The van der Waals surface area contributed by atoms with E-state index >= 15 is 0 Å². The van der Waals surface area contributed by atoms with Gasteiger partial charge in [0.05, 0.1) is 18.5 Å². The van der Waals surface area contributed by atoms with Crippen molar-refractivity contribution in [2.24, 2.45) is 0 Å². The first-order valence-corrected chi connectivity index (χ1v) is 11.8. The molecule has 4 aromatic rings. The number of amides is 1. The number of aromatic nitrogens is 5. The van der Waals surface area contributed by atoms with Crippen molar-refractivity contribution in [3.63, 3.8) is 0 Å². The highest BCUT2D eigenvalue weighted by molar-refractivity contribution is 7.98. The van der Waals surface area contributed by atoms with Crippen LogP contribution in [-0.2, 0) is 5.75 Å². The predicted molar refractivity (Wildman–Crippen MR) is 130 cm³/mol. The Morgan fingerprint density at radius 1 is 1.03 bits per heavy atom. The number of thioether (sulfide) groups is 1. The van der Waals surface area contributed by atoms with Gasteiger partial charge in [-0.3, -0.25) is 4.79 Å². The van der Waals surface area contributed by atoms with E-state index in [0.29, 0.717) is 28.0 Å². The first kappa shape index (κ1) is 25.9. The number of alkyl halides is 3. The number of rotatable bonds is 8. The number of carbonyl (C=O) groups is 1. The summed E-state index contributed by atoms with van der Waals surface area (Å²) in [5, 5.41) is 11.4. The minimum absolute atomic E-state index is 0.0373. The third kappa shape index (κ3) is 6.76. The molecule has 0 spiro atoms. The summed E-state index contributed by atoms with van der Waals surface area (Å²) in [5.74, 6) is -0.136. The molecule has 0 fully saturated rings. The van der Waals surface area contributed by atoms with Crippen molar-refractivity contribution < 1.29 is 27.4 Å². The molecular formula is C24H21F3N6O3S. The summed E-state index contributed by atoms with van der Waals surface area (Å²) >= 11 is 1.27. The summed E-state index contributed by atoms with van der Waals surface area (Å²) in [4.78, 5) is 22.0. The van der Waals surface area contributed by atoms with Crippen LogP contribution in [0.4, 0.5) is 18.9 Å². The Morgan fingerprint density at radius 2 is 1.73 bits per heavy atom. The summed E-state index contributed by atoms with van der Waals surface area (Å²) in [6, 6.07) is 13.7. The fourth-order valence-corrected chi connectivity index (χ4v) is 4.33. The zero-order chi connectivity index (χ0) is 26.6. The van der Waals surface area contributed by atoms with Gasteiger partial charge in [-0.25, -0.2) is 14.6 Å². The van der Waals surface area contributed by atoms with E-state index in [9.17, 15) is 18.0 Å². The second-order valence-electron chi connectivity index (χ2n) is 7.75. The summed E-state index contributed by atoms with van der Waals surface area (Å²) in [6.07, 6.45) is -4.81. The molecule has 0 unspecified atom stereocenters. The number of hydrogen-bond donors (Lipinski definition) is 1. The average molecular weight is 531 g/mol. The minimum atomic E-state index is -4.81. The molecule has 2 heterocycles. The first-order valence-electron chi connectivity index (χ1n) is 10.8. The van der Waals surface area contributed by atoms with Crippen LogP contribution in [0.1, 0.15) is 27.6 Å². The lowest BCUT2D eigenvalue weighted by Gasteiger charge is -2.11. The Kier molecular flexibility index (Phi) is 7.62. The molecule has 0 atom stereocenters. The van der Waals surface area contributed by atoms with E-state index in [4.69, 9.17) is 4.74 Å². The Hall–Kier alpha value is -4.13. The molecule has 0 bridgehead atoms. The molecule has 1 N–H and O–H groups in total. The van der Waals surface area contributed by atoms with Gasteiger partial charge in [0.25, 0.3) is 5.91 Å². The minimum Gasteiger partial charge on any atom is -0.497 e. The second kappa shape index (κ2) is 10.9. The molecule has 0 aliphatic heterocycles. The summed E-state index contributed by atoms with van der Waals surface area (Å²) in [7, 11) is 1.52. The molecule has 4 rings (SSSR count). The molecule has 0 saturated heterocycles. The van der Waals surface area contributed by atoms with Gasteiger partial charge in [0.15, 0.2) is 10.9 Å². The lowest BCUT2D eigenvalue weighted by molar-refractivity contribution is -0.274. The van der Waals surface area contributed by atoms with Gasteiger partial charge < -0.3 is 14.8 Å².